The molecular weight excluding hydrogens is 345 g/mol. The molecule has 0 saturated carbocycles. The van der Waals surface area contributed by atoms with Crippen molar-refractivity contribution in [2.24, 2.45) is 0 Å². The molecular formula is C17H38IN. The fourth-order valence-corrected chi connectivity index (χ4v) is 2.58. The Morgan fingerprint density at radius 1 is 0.526 bits per heavy atom. The van der Waals surface area contributed by atoms with Crippen LogP contribution in [0, 0.1) is 0 Å². The van der Waals surface area contributed by atoms with E-state index in [4.69, 9.17) is 0 Å². The van der Waals surface area contributed by atoms with Gasteiger partial charge in [-0.05, 0) is 25.7 Å². The molecule has 0 aliphatic heterocycles. The summed E-state index contributed by atoms with van der Waals surface area (Å²) in [6.07, 6.45) is 15.6. The number of halogens is 1. The molecule has 0 N–H and O–H groups in total. The van der Waals surface area contributed by atoms with Gasteiger partial charge in [-0.2, -0.15) is 0 Å². The molecule has 0 fully saturated rings. The lowest BCUT2D eigenvalue weighted by Crippen LogP contribution is -3.00. The summed E-state index contributed by atoms with van der Waals surface area (Å²) in [7, 11) is 4.80. The highest BCUT2D eigenvalue weighted by Crippen LogP contribution is 2.11. The molecule has 0 heterocycles. The van der Waals surface area contributed by atoms with Gasteiger partial charge in [-0.3, -0.25) is 0 Å². The summed E-state index contributed by atoms with van der Waals surface area (Å²) in [6, 6.07) is 0. The fraction of sp³-hybridized carbons (Fsp3) is 1.00. The Labute approximate surface area is 140 Å². The average molecular weight is 383 g/mol. The number of quaternary nitrogens is 1. The maximum atomic E-state index is 2.40. The molecule has 0 spiro atoms. The van der Waals surface area contributed by atoms with Crippen LogP contribution in [0.2, 0.25) is 0 Å². The zero-order valence-electron chi connectivity index (χ0n) is 14.0. The minimum absolute atomic E-state index is 0. The molecule has 0 rings (SSSR count). The first-order valence-corrected chi connectivity index (χ1v) is 8.44. The van der Waals surface area contributed by atoms with Crippen molar-refractivity contribution in [1.29, 1.82) is 0 Å². The maximum Gasteiger partial charge on any atom is 0.0782 e. The van der Waals surface area contributed by atoms with Crippen LogP contribution < -0.4 is 24.0 Å². The molecule has 0 amide bonds. The average Bonchev–Trinajstić information content (AvgIpc) is 2.33. The minimum Gasteiger partial charge on any atom is -1.00 e. The Bertz CT molecular complexity index is 169. The van der Waals surface area contributed by atoms with Gasteiger partial charge >= 0.3 is 0 Å². The fourth-order valence-electron chi connectivity index (χ4n) is 2.58. The van der Waals surface area contributed by atoms with E-state index in [-0.39, 0.29) is 24.0 Å². The highest BCUT2D eigenvalue weighted by Gasteiger charge is 2.13. The lowest BCUT2D eigenvalue weighted by atomic mass is 10.1. The van der Waals surface area contributed by atoms with E-state index < -0.39 is 0 Å². The smallest absolute Gasteiger partial charge is 0.0782 e. The highest BCUT2D eigenvalue weighted by atomic mass is 127. The van der Waals surface area contributed by atoms with Crippen LogP contribution in [0.15, 0.2) is 0 Å². The van der Waals surface area contributed by atoms with Gasteiger partial charge < -0.3 is 28.5 Å². The van der Waals surface area contributed by atoms with E-state index in [0.717, 1.165) is 0 Å². The van der Waals surface area contributed by atoms with Gasteiger partial charge in [0.1, 0.15) is 0 Å². The van der Waals surface area contributed by atoms with Crippen LogP contribution in [0.1, 0.15) is 84.5 Å². The molecule has 19 heavy (non-hydrogen) atoms. The van der Waals surface area contributed by atoms with Crippen LogP contribution in [0.3, 0.4) is 0 Å². The number of hydrogen-bond acceptors (Lipinski definition) is 0. The quantitative estimate of drug-likeness (QED) is 0.260. The molecule has 1 nitrogen and oxygen atoms in total. The molecule has 0 aromatic carbocycles. The molecule has 0 aromatic rings. The Kier molecular flexibility index (Phi) is 17.5. The summed E-state index contributed by atoms with van der Waals surface area (Å²) in [5, 5.41) is 0. The van der Waals surface area contributed by atoms with Crippen molar-refractivity contribution in [1.82, 2.24) is 0 Å². The minimum atomic E-state index is 0. The van der Waals surface area contributed by atoms with Gasteiger partial charge in [0.05, 0.1) is 27.2 Å². The Morgan fingerprint density at radius 2 is 0.842 bits per heavy atom. The van der Waals surface area contributed by atoms with Gasteiger partial charge in [0.15, 0.2) is 0 Å². The first-order chi connectivity index (χ1) is 8.62. The largest absolute Gasteiger partial charge is 1.00 e. The van der Waals surface area contributed by atoms with Crippen LogP contribution in [0.4, 0.5) is 0 Å². The lowest BCUT2D eigenvalue weighted by Gasteiger charge is -2.29. The van der Waals surface area contributed by atoms with Crippen molar-refractivity contribution >= 4 is 0 Å². The second kappa shape index (κ2) is 15.1. The molecule has 118 valence electrons. The van der Waals surface area contributed by atoms with Gasteiger partial charge in [0.25, 0.3) is 0 Å². The Hall–Kier alpha value is 0.690. The van der Waals surface area contributed by atoms with E-state index in [2.05, 4.69) is 27.9 Å². The first-order valence-electron chi connectivity index (χ1n) is 8.44. The van der Waals surface area contributed by atoms with Crippen molar-refractivity contribution < 1.29 is 28.5 Å². The second-order valence-electron chi connectivity index (χ2n) is 6.56. The van der Waals surface area contributed by atoms with Gasteiger partial charge in [-0.25, -0.2) is 0 Å². The van der Waals surface area contributed by atoms with Crippen molar-refractivity contribution in [2.45, 2.75) is 84.5 Å². The molecule has 0 aliphatic carbocycles. The van der Waals surface area contributed by atoms with E-state index >= 15 is 0 Å². The van der Waals surface area contributed by atoms with E-state index in [0.29, 0.717) is 0 Å². The van der Waals surface area contributed by atoms with E-state index in [1.165, 1.54) is 88.2 Å². The molecule has 0 unspecified atom stereocenters. The lowest BCUT2D eigenvalue weighted by molar-refractivity contribution is -0.890. The zero-order valence-corrected chi connectivity index (χ0v) is 16.2. The topological polar surface area (TPSA) is 0 Å². The van der Waals surface area contributed by atoms with Crippen LogP contribution in [-0.4, -0.2) is 31.7 Å². The number of unbranched alkanes of at least 4 members (excludes halogenated alkanes) is 9. The highest BCUT2D eigenvalue weighted by molar-refractivity contribution is 4.46. The summed E-state index contributed by atoms with van der Waals surface area (Å²) in [5.41, 5.74) is 0. The van der Waals surface area contributed by atoms with Gasteiger partial charge in [0, 0.05) is 0 Å². The van der Waals surface area contributed by atoms with Gasteiger partial charge in [0.2, 0.25) is 0 Å². The van der Waals surface area contributed by atoms with Crippen LogP contribution >= 0.6 is 0 Å². The standard InChI is InChI=1S/C17H38N.HI/c1-5-7-9-10-11-12-13-15-17-18(3,4)16-14-8-6-2;/h5-17H2,1-4H3;1H/q+1;/p-1. The van der Waals surface area contributed by atoms with Crippen molar-refractivity contribution in [3.05, 3.63) is 0 Å². The van der Waals surface area contributed by atoms with Gasteiger partial charge in [-0.15, -0.1) is 0 Å². The number of nitrogens with zero attached hydrogens (tertiary/aromatic N) is 1. The normalized spacial score (nSPS) is 11.4. The summed E-state index contributed by atoms with van der Waals surface area (Å²) < 4.78 is 1.23. The zero-order chi connectivity index (χ0) is 13.7. The second-order valence-corrected chi connectivity index (χ2v) is 6.56. The SMILES string of the molecule is CCCCCCCCCC[N+](C)(C)CCCCC.[I-]. The summed E-state index contributed by atoms with van der Waals surface area (Å²) in [6.45, 7) is 7.32. The predicted molar refractivity (Wildman–Crippen MR) is 84.0 cm³/mol. The third-order valence-corrected chi connectivity index (χ3v) is 3.98. The predicted octanol–water partition coefficient (Wildman–Crippen LogP) is 2.40. The first kappa shape index (κ1) is 22.0. The van der Waals surface area contributed by atoms with Crippen molar-refractivity contribution in [3.63, 3.8) is 0 Å². The Balaban J connectivity index is 0. The number of hydrogen-bond donors (Lipinski definition) is 0. The van der Waals surface area contributed by atoms with E-state index in [1.54, 1.807) is 0 Å². The maximum absolute atomic E-state index is 2.40. The summed E-state index contributed by atoms with van der Waals surface area (Å²) in [4.78, 5) is 0. The van der Waals surface area contributed by atoms with E-state index in [9.17, 15) is 0 Å². The molecule has 0 bridgehead atoms. The van der Waals surface area contributed by atoms with Crippen molar-refractivity contribution in [2.75, 3.05) is 27.2 Å². The molecule has 0 saturated heterocycles. The van der Waals surface area contributed by atoms with Crippen molar-refractivity contribution in [3.8, 4) is 0 Å². The molecule has 2 heteroatoms. The molecule has 0 radical (unpaired) electrons. The molecule has 0 aliphatic rings. The Morgan fingerprint density at radius 3 is 1.32 bits per heavy atom. The summed E-state index contributed by atoms with van der Waals surface area (Å²) in [5.74, 6) is 0. The molecule has 0 aromatic heterocycles. The third kappa shape index (κ3) is 16.6. The van der Waals surface area contributed by atoms with Gasteiger partial charge in [-0.1, -0.05) is 58.8 Å². The molecule has 0 atom stereocenters. The van der Waals surface area contributed by atoms with Crippen LogP contribution in [0.25, 0.3) is 0 Å². The van der Waals surface area contributed by atoms with Crippen LogP contribution in [0.5, 0.6) is 0 Å². The third-order valence-electron chi connectivity index (χ3n) is 3.98. The van der Waals surface area contributed by atoms with E-state index in [1.807, 2.05) is 0 Å². The summed E-state index contributed by atoms with van der Waals surface area (Å²) >= 11 is 0. The monoisotopic (exact) mass is 383 g/mol. The number of rotatable bonds is 13. The van der Waals surface area contributed by atoms with Crippen LogP contribution in [-0.2, 0) is 0 Å².